The Morgan fingerprint density at radius 3 is 2.73 bits per heavy atom. The molecule has 0 radical (unpaired) electrons. The summed E-state index contributed by atoms with van der Waals surface area (Å²) in [6.45, 7) is 0. The van der Waals surface area contributed by atoms with E-state index < -0.39 is 23.5 Å². The minimum Gasteiger partial charge on any atom is -0.323 e. The Morgan fingerprint density at radius 2 is 2.00 bits per heavy atom. The first-order valence-electron chi connectivity index (χ1n) is 7.04. The minimum absolute atomic E-state index is 0.0893. The number of halogens is 5. The van der Waals surface area contributed by atoms with Crippen LogP contribution in [-0.4, -0.2) is 26.3 Å². The van der Waals surface area contributed by atoms with Crippen molar-refractivity contribution in [1.82, 2.24) is 14.6 Å². The molecule has 3 aromatic rings. The smallest absolute Gasteiger partial charge is 0.323 e. The van der Waals surface area contributed by atoms with Crippen LogP contribution in [0.2, 0.25) is 5.02 Å². The molecule has 136 valence electrons. The number of hydrogen-bond donors (Lipinski definition) is 1. The van der Waals surface area contributed by atoms with Gasteiger partial charge in [0.25, 0.3) is 0 Å². The van der Waals surface area contributed by atoms with Gasteiger partial charge in [-0.2, -0.15) is 13.2 Å². The molecule has 2 aromatic heterocycles. The van der Waals surface area contributed by atoms with Gasteiger partial charge in [-0.3, -0.25) is 9.20 Å². The third kappa shape index (κ3) is 4.07. The monoisotopic (exact) mass is 404 g/mol. The first-order valence-corrected chi connectivity index (χ1v) is 8.40. The average molecular weight is 405 g/mol. The Kier molecular flexibility index (Phi) is 5.05. The van der Waals surface area contributed by atoms with E-state index in [1.54, 1.807) is 0 Å². The molecular formula is C15H9ClF4N4OS. The summed E-state index contributed by atoms with van der Waals surface area (Å²) >= 11 is 6.61. The van der Waals surface area contributed by atoms with Crippen LogP contribution >= 0.6 is 23.4 Å². The van der Waals surface area contributed by atoms with Gasteiger partial charge >= 0.3 is 6.18 Å². The molecule has 5 nitrogen and oxygen atoms in total. The van der Waals surface area contributed by atoms with Gasteiger partial charge in [0, 0.05) is 11.2 Å². The van der Waals surface area contributed by atoms with Gasteiger partial charge < -0.3 is 5.32 Å². The van der Waals surface area contributed by atoms with Crippen LogP contribution in [0.1, 0.15) is 5.56 Å². The van der Waals surface area contributed by atoms with E-state index in [9.17, 15) is 22.4 Å². The van der Waals surface area contributed by atoms with Crippen LogP contribution in [0.5, 0.6) is 0 Å². The molecule has 0 aliphatic rings. The van der Waals surface area contributed by atoms with Gasteiger partial charge in [0.05, 0.1) is 17.0 Å². The van der Waals surface area contributed by atoms with Crippen LogP contribution < -0.4 is 5.32 Å². The number of aromatic nitrogens is 3. The van der Waals surface area contributed by atoms with E-state index in [4.69, 9.17) is 11.6 Å². The molecule has 0 aliphatic heterocycles. The number of rotatable bonds is 4. The number of carbonyl (C=O) groups excluding carboxylic acids is 1. The molecule has 11 heteroatoms. The highest BCUT2D eigenvalue weighted by Crippen LogP contribution is 2.30. The molecule has 0 fully saturated rings. The summed E-state index contributed by atoms with van der Waals surface area (Å²) in [6.07, 6.45) is -3.66. The second kappa shape index (κ2) is 7.12. The highest BCUT2D eigenvalue weighted by molar-refractivity contribution is 7.99. The molecule has 0 saturated heterocycles. The van der Waals surface area contributed by atoms with Crippen molar-refractivity contribution >= 4 is 40.6 Å². The zero-order valence-electron chi connectivity index (χ0n) is 12.7. The molecule has 1 aromatic carbocycles. The summed E-state index contributed by atoms with van der Waals surface area (Å²) < 4.78 is 53.2. The normalized spacial score (nSPS) is 11.7. The first kappa shape index (κ1) is 18.5. The fourth-order valence-electron chi connectivity index (χ4n) is 2.05. The van der Waals surface area contributed by atoms with Gasteiger partial charge in [0.1, 0.15) is 5.82 Å². The van der Waals surface area contributed by atoms with Crippen molar-refractivity contribution in [2.24, 2.45) is 0 Å². The molecule has 2 heterocycles. The van der Waals surface area contributed by atoms with Crippen molar-refractivity contribution in [3.05, 3.63) is 52.9 Å². The largest absolute Gasteiger partial charge is 0.417 e. The summed E-state index contributed by atoms with van der Waals surface area (Å²) in [5, 5.41) is 10.2. The van der Waals surface area contributed by atoms with Gasteiger partial charge in [-0.05, 0) is 30.3 Å². The lowest BCUT2D eigenvalue weighted by Crippen LogP contribution is -2.15. The number of carbonyl (C=O) groups is 1. The van der Waals surface area contributed by atoms with Gasteiger partial charge in [0.2, 0.25) is 5.91 Å². The number of nitrogens with one attached hydrogen (secondary N) is 1. The Balaban J connectivity index is 1.73. The molecule has 0 spiro atoms. The van der Waals surface area contributed by atoms with Crippen molar-refractivity contribution in [3.63, 3.8) is 0 Å². The van der Waals surface area contributed by atoms with Crippen LogP contribution in [-0.2, 0) is 11.0 Å². The first-order chi connectivity index (χ1) is 12.2. The minimum atomic E-state index is -4.51. The zero-order valence-corrected chi connectivity index (χ0v) is 14.3. The van der Waals surface area contributed by atoms with E-state index in [1.165, 1.54) is 18.2 Å². The zero-order chi connectivity index (χ0) is 18.9. The van der Waals surface area contributed by atoms with Crippen LogP contribution in [0.4, 0.5) is 23.2 Å². The predicted octanol–water partition coefficient (Wildman–Crippen LogP) is 4.27. The Hall–Kier alpha value is -2.33. The van der Waals surface area contributed by atoms with Crippen molar-refractivity contribution in [2.75, 3.05) is 11.1 Å². The Labute approximate surface area is 153 Å². The van der Waals surface area contributed by atoms with E-state index in [-0.39, 0.29) is 27.3 Å². The van der Waals surface area contributed by atoms with E-state index in [2.05, 4.69) is 15.5 Å². The summed E-state index contributed by atoms with van der Waals surface area (Å²) in [4.78, 5) is 12.0. The SMILES string of the molecule is O=C(CSc1nnc2ccc(C(F)(F)F)cn12)Nc1cc(Cl)ccc1F. The molecule has 0 unspecified atom stereocenters. The third-order valence-electron chi connectivity index (χ3n) is 3.23. The number of anilines is 1. The maximum Gasteiger partial charge on any atom is 0.417 e. The maximum atomic E-state index is 13.6. The van der Waals surface area contributed by atoms with Gasteiger partial charge in [0.15, 0.2) is 10.8 Å². The van der Waals surface area contributed by atoms with E-state index in [0.29, 0.717) is 0 Å². The van der Waals surface area contributed by atoms with Crippen molar-refractivity contribution in [1.29, 1.82) is 0 Å². The maximum absolute atomic E-state index is 13.6. The fraction of sp³-hybridized carbons (Fsp3) is 0.133. The number of benzene rings is 1. The lowest BCUT2D eigenvalue weighted by molar-refractivity contribution is -0.137. The number of pyridine rings is 1. The lowest BCUT2D eigenvalue weighted by Gasteiger charge is -2.08. The summed E-state index contributed by atoms with van der Waals surface area (Å²) in [5.74, 6) is -1.43. The number of nitrogens with zero attached hydrogens (tertiary/aromatic N) is 3. The Morgan fingerprint density at radius 1 is 1.23 bits per heavy atom. The standard InChI is InChI=1S/C15H9ClF4N4OS/c16-9-2-3-10(17)11(5-9)21-13(25)7-26-14-23-22-12-4-1-8(6-24(12)14)15(18,19)20/h1-6H,7H2,(H,21,25). The van der Waals surface area contributed by atoms with Crippen LogP contribution in [0.3, 0.4) is 0 Å². The van der Waals surface area contributed by atoms with E-state index >= 15 is 0 Å². The molecule has 3 rings (SSSR count). The number of fused-ring (bicyclic) bond motifs is 1. The second-order valence-electron chi connectivity index (χ2n) is 5.09. The van der Waals surface area contributed by atoms with Crippen LogP contribution in [0.15, 0.2) is 41.7 Å². The number of alkyl halides is 3. The third-order valence-corrected chi connectivity index (χ3v) is 4.41. The molecule has 0 bridgehead atoms. The highest BCUT2D eigenvalue weighted by Gasteiger charge is 2.31. The fourth-order valence-corrected chi connectivity index (χ4v) is 2.93. The Bertz CT molecular complexity index is 976. The second-order valence-corrected chi connectivity index (χ2v) is 6.47. The van der Waals surface area contributed by atoms with E-state index in [0.717, 1.165) is 34.5 Å². The molecule has 0 saturated carbocycles. The molecule has 1 N–H and O–H groups in total. The summed E-state index contributed by atoms with van der Waals surface area (Å²) in [6, 6.07) is 5.77. The van der Waals surface area contributed by atoms with Crippen LogP contribution in [0.25, 0.3) is 5.65 Å². The number of thioether (sulfide) groups is 1. The molecule has 0 atom stereocenters. The summed E-state index contributed by atoms with van der Waals surface area (Å²) in [7, 11) is 0. The van der Waals surface area contributed by atoms with E-state index in [1.807, 2.05) is 0 Å². The molecular weight excluding hydrogens is 396 g/mol. The quantitative estimate of drug-likeness (QED) is 0.521. The van der Waals surface area contributed by atoms with Crippen molar-refractivity contribution in [2.45, 2.75) is 11.3 Å². The van der Waals surface area contributed by atoms with Crippen molar-refractivity contribution in [3.8, 4) is 0 Å². The lowest BCUT2D eigenvalue weighted by atomic mass is 10.3. The average Bonchev–Trinajstić information content (AvgIpc) is 2.98. The summed E-state index contributed by atoms with van der Waals surface area (Å²) in [5.41, 5.74) is -0.743. The highest BCUT2D eigenvalue weighted by atomic mass is 35.5. The van der Waals surface area contributed by atoms with Crippen molar-refractivity contribution < 1.29 is 22.4 Å². The van der Waals surface area contributed by atoms with Gasteiger partial charge in [-0.1, -0.05) is 23.4 Å². The predicted molar refractivity (Wildman–Crippen MR) is 88.8 cm³/mol. The molecule has 0 aliphatic carbocycles. The van der Waals surface area contributed by atoms with Crippen LogP contribution in [0, 0.1) is 5.82 Å². The van der Waals surface area contributed by atoms with Gasteiger partial charge in [-0.15, -0.1) is 10.2 Å². The topological polar surface area (TPSA) is 59.3 Å². The molecule has 26 heavy (non-hydrogen) atoms. The molecule has 1 amide bonds. The number of hydrogen-bond acceptors (Lipinski definition) is 4. The number of amides is 1. The van der Waals surface area contributed by atoms with Gasteiger partial charge in [-0.25, -0.2) is 4.39 Å².